The van der Waals surface area contributed by atoms with E-state index >= 15 is 0 Å². The molecule has 2 aromatic carbocycles. The molecule has 0 atom stereocenters. The molecule has 1 aliphatic rings. The maximum absolute atomic E-state index is 13.3. The van der Waals surface area contributed by atoms with Crippen LogP contribution < -0.4 is 10.2 Å². The van der Waals surface area contributed by atoms with Gasteiger partial charge < -0.3 is 10.2 Å². The topological polar surface area (TPSA) is 32.3 Å². The maximum atomic E-state index is 13.3. The van der Waals surface area contributed by atoms with Crippen LogP contribution in [0.1, 0.15) is 15.9 Å². The Hall–Kier alpha value is -2.27. The maximum Gasteiger partial charge on any atom is 0.258 e. The van der Waals surface area contributed by atoms with Gasteiger partial charge in [0.1, 0.15) is 11.6 Å². The Labute approximate surface area is 121 Å². The normalized spacial score (nSPS) is 14.5. The third kappa shape index (κ3) is 2.78. The van der Waals surface area contributed by atoms with Gasteiger partial charge in [-0.05, 0) is 23.8 Å². The van der Waals surface area contributed by atoms with Crippen LogP contribution in [0.4, 0.5) is 14.5 Å². The summed E-state index contributed by atoms with van der Waals surface area (Å²) < 4.78 is 26.6. The molecular weight excluding hydrogens is 274 g/mol. The molecule has 5 heteroatoms. The number of carbonyl (C=O) groups excluding carboxylic acids is 1. The number of halogens is 2. The smallest absolute Gasteiger partial charge is 0.258 e. The van der Waals surface area contributed by atoms with Crippen molar-refractivity contribution in [1.82, 2.24) is 5.32 Å². The molecule has 0 saturated heterocycles. The summed E-state index contributed by atoms with van der Waals surface area (Å²) in [6.07, 6.45) is 0. The lowest BCUT2D eigenvalue weighted by molar-refractivity contribution is 0.0986. The average Bonchev–Trinajstić information content (AvgIpc) is 2.68. The molecule has 1 N–H and O–H groups in total. The summed E-state index contributed by atoms with van der Waals surface area (Å²) in [4.78, 5) is 14.1. The van der Waals surface area contributed by atoms with Gasteiger partial charge >= 0.3 is 0 Å². The van der Waals surface area contributed by atoms with Crippen molar-refractivity contribution < 1.29 is 13.6 Å². The van der Waals surface area contributed by atoms with Crippen LogP contribution in [0, 0.1) is 11.6 Å². The summed E-state index contributed by atoms with van der Waals surface area (Å²) in [7, 11) is 0. The largest absolute Gasteiger partial charge is 0.311 e. The molecule has 0 unspecified atom stereocenters. The zero-order valence-corrected chi connectivity index (χ0v) is 11.3. The van der Waals surface area contributed by atoms with E-state index in [1.807, 2.05) is 24.3 Å². The fourth-order valence-electron chi connectivity index (χ4n) is 2.50. The molecule has 0 radical (unpaired) electrons. The number of nitrogens with zero attached hydrogens (tertiary/aromatic N) is 1. The Balaban J connectivity index is 2.01. The summed E-state index contributed by atoms with van der Waals surface area (Å²) >= 11 is 0. The van der Waals surface area contributed by atoms with Gasteiger partial charge in [-0.25, -0.2) is 8.78 Å². The van der Waals surface area contributed by atoms with Crippen molar-refractivity contribution in [2.24, 2.45) is 0 Å². The number of para-hydroxylation sites is 1. The number of nitrogens with one attached hydrogen (secondary N) is 1. The van der Waals surface area contributed by atoms with Gasteiger partial charge in [0.2, 0.25) is 0 Å². The number of rotatable bonds is 1. The zero-order valence-electron chi connectivity index (χ0n) is 11.3. The van der Waals surface area contributed by atoms with Crippen LogP contribution in [-0.4, -0.2) is 19.0 Å². The molecule has 2 aromatic rings. The van der Waals surface area contributed by atoms with Crippen LogP contribution in [0.3, 0.4) is 0 Å². The van der Waals surface area contributed by atoms with Gasteiger partial charge in [0.25, 0.3) is 5.91 Å². The third-order valence-corrected chi connectivity index (χ3v) is 3.46. The SMILES string of the molecule is O=C(c1cc(F)cc(F)c1)N1CCNCc2ccccc21. The number of carbonyl (C=O) groups is 1. The van der Waals surface area contributed by atoms with Crippen molar-refractivity contribution in [3.05, 3.63) is 65.2 Å². The first-order chi connectivity index (χ1) is 10.1. The van der Waals surface area contributed by atoms with Crippen LogP contribution in [0.5, 0.6) is 0 Å². The van der Waals surface area contributed by atoms with Crippen molar-refractivity contribution >= 4 is 11.6 Å². The summed E-state index contributed by atoms with van der Waals surface area (Å²) in [5, 5.41) is 3.22. The van der Waals surface area contributed by atoms with Crippen molar-refractivity contribution in [3.63, 3.8) is 0 Å². The Morgan fingerprint density at radius 2 is 1.81 bits per heavy atom. The van der Waals surface area contributed by atoms with E-state index in [9.17, 15) is 13.6 Å². The number of benzene rings is 2. The molecule has 108 valence electrons. The highest BCUT2D eigenvalue weighted by Crippen LogP contribution is 2.24. The summed E-state index contributed by atoms with van der Waals surface area (Å²) in [5.74, 6) is -1.90. The lowest BCUT2D eigenvalue weighted by atomic mass is 10.1. The van der Waals surface area contributed by atoms with Crippen LogP contribution in [-0.2, 0) is 6.54 Å². The Morgan fingerprint density at radius 1 is 1.10 bits per heavy atom. The van der Waals surface area contributed by atoms with Crippen LogP contribution >= 0.6 is 0 Å². The van der Waals surface area contributed by atoms with E-state index in [0.29, 0.717) is 19.6 Å². The van der Waals surface area contributed by atoms with E-state index in [4.69, 9.17) is 0 Å². The Morgan fingerprint density at radius 3 is 2.57 bits per heavy atom. The second kappa shape index (κ2) is 5.61. The number of amides is 1. The molecule has 0 aliphatic carbocycles. The highest BCUT2D eigenvalue weighted by molar-refractivity contribution is 6.06. The monoisotopic (exact) mass is 288 g/mol. The van der Waals surface area contributed by atoms with E-state index in [-0.39, 0.29) is 5.56 Å². The van der Waals surface area contributed by atoms with Crippen molar-refractivity contribution in [2.45, 2.75) is 6.54 Å². The summed E-state index contributed by atoms with van der Waals surface area (Å²) in [6.45, 7) is 1.74. The second-order valence-corrected chi connectivity index (χ2v) is 4.92. The summed E-state index contributed by atoms with van der Waals surface area (Å²) in [6, 6.07) is 10.4. The minimum absolute atomic E-state index is 0.0178. The Kier molecular flexibility index (Phi) is 3.66. The van der Waals surface area contributed by atoms with Crippen molar-refractivity contribution in [1.29, 1.82) is 0 Å². The van der Waals surface area contributed by atoms with Crippen LogP contribution in [0.2, 0.25) is 0 Å². The Bertz CT molecular complexity index is 667. The van der Waals surface area contributed by atoms with E-state index in [2.05, 4.69) is 5.32 Å². The van der Waals surface area contributed by atoms with Crippen molar-refractivity contribution in [2.75, 3.05) is 18.0 Å². The zero-order chi connectivity index (χ0) is 14.8. The van der Waals surface area contributed by atoms with Gasteiger partial charge in [-0.2, -0.15) is 0 Å². The number of hydrogen-bond acceptors (Lipinski definition) is 2. The first kappa shape index (κ1) is 13.7. The molecule has 0 bridgehead atoms. The average molecular weight is 288 g/mol. The predicted molar refractivity (Wildman–Crippen MR) is 76.2 cm³/mol. The van der Waals surface area contributed by atoms with Crippen molar-refractivity contribution in [3.8, 4) is 0 Å². The fraction of sp³-hybridized carbons (Fsp3) is 0.188. The van der Waals surface area contributed by atoms with E-state index in [1.165, 1.54) is 0 Å². The minimum atomic E-state index is -0.750. The molecule has 3 nitrogen and oxygen atoms in total. The molecule has 0 fully saturated rings. The molecule has 1 amide bonds. The quantitative estimate of drug-likeness (QED) is 0.875. The minimum Gasteiger partial charge on any atom is -0.311 e. The van der Waals surface area contributed by atoms with Gasteiger partial charge in [-0.3, -0.25) is 4.79 Å². The van der Waals surface area contributed by atoms with Gasteiger partial charge in [0, 0.05) is 37.0 Å². The standard InChI is InChI=1S/C16H14F2N2O/c17-13-7-12(8-14(18)9-13)16(21)20-6-5-19-10-11-3-1-2-4-15(11)20/h1-4,7-9,19H,5-6,10H2. The molecule has 0 spiro atoms. The number of hydrogen-bond donors (Lipinski definition) is 1. The van der Waals surface area contributed by atoms with Gasteiger partial charge in [0.15, 0.2) is 0 Å². The van der Waals surface area contributed by atoms with Gasteiger partial charge in [0.05, 0.1) is 0 Å². The fourth-order valence-corrected chi connectivity index (χ4v) is 2.50. The van der Waals surface area contributed by atoms with E-state index < -0.39 is 17.5 Å². The van der Waals surface area contributed by atoms with E-state index in [0.717, 1.165) is 29.4 Å². The molecule has 1 heterocycles. The lowest BCUT2D eigenvalue weighted by Crippen LogP contribution is -2.34. The first-order valence-corrected chi connectivity index (χ1v) is 6.72. The van der Waals surface area contributed by atoms with Gasteiger partial charge in [-0.15, -0.1) is 0 Å². The highest BCUT2D eigenvalue weighted by Gasteiger charge is 2.22. The van der Waals surface area contributed by atoms with E-state index in [1.54, 1.807) is 4.90 Å². The highest BCUT2D eigenvalue weighted by atomic mass is 19.1. The second-order valence-electron chi connectivity index (χ2n) is 4.92. The van der Waals surface area contributed by atoms with Gasteiger partial charge in [-0.1, -0.05) is 18.2 Å². The molecule has 0 aromatic heterocycles. The first-order valence-electron chi connectivity index (χ1n) is 6.72. The predicted octanol–water partition coefficient (Wildman–Crippen LogP) is 2.71. The molecule has 21 heavy (non-hydrogen) atoms. The molecular formula is C16H14F2N2O. The number of fused-ring (bicyclic) bond motifs is 1. The third-order valence-electron chi connectivity index (χ3n) is 3.46. The van der Waals surface area contributed by atoms with Crippen LogP contribution in [0.25, 0.3) is 0 Å². The molecule has 1 aliphatic heterocycles. The summed E-state index contributed by atoms with van der Waals surface area (Å²) in [5.41, 5.74) is 1.78. The number of anilines is 1. The molecule has 3 rings (SSSR count). The molecule has 0 saturated carbocycles. The lowest BCUT2D eigenvalue weighted by Gasteiger charge is -2.22. The van der Waals surface area contributed by atoms with Crippen LogP contribution in [0.15, 0.2) is 42.5 Å².